The Kier molecular flexibility index (Phi) is 5.27. The summed E-state index contributed by atoms with van der Waals surface area (Å²) in [6, 6.07) is 25.3. The number of aromatic amines is 1. The van der Waals surface area contributed by atoms with E-state index in [4.69, 9.17) is 0 Å². The van der Waals surface area contributed by atoms with E-state index in [9.17, 15) is 0 Å². The topological polar surface area (TPSA) is 15.8 Å². The minimum absolute atomic E-state index is 1.10. The van der Waals surface area contributed by atoms with Gasteiger partial charge in [-0.2, -0.15) is 0 Å². The Morgan fingerprint density at radius 1 is 0.640 bits per heavy atom. The molecule has 0 aliphatic rings. The Balaban J connectivity index is 1.74. The molecule has 4 rings (SSSR count). The van der Waals surface area contributed by atoms with E-state index < -0.39 is 0 Å². The van der Waals surface area contributed by atoms with E-state index in [0.717, 1.165) is 8.95 Å². The smallest absolute Gasteiger partial charge is 0.0923 e. The Morgan fingerprint density at radius 3 is 1.84 bits per heavy atom. The molecule has 4 aromatic rings. The lowest BCUT2D eigenvalue weighted by molar-refractivity contribution is 1.14. The highest BCUT2D eigenvalue weighted by atomic mass is 79.9. The molecule has 1 aromatic heterocycles. The first-order valence-electron chi connectivity index (χ1n) is 7.66. The normalized spacial score (nSPS) is 11.1. The van der Waals surface area contributed by atoms with Crippen molar-refractivity contribution >= 4 is 66.3 Å². The lowest BCUT2D eigenvalue weighted by Crippen LogP contribution is -1.78. The van der Waals surface area contributed by atoms with Crippen LogP contribution < -0.4 is 0 Å². The SMILES string of the molecule is Brc1ccc(Sc2[nH]c3ccccc3c2Sc2ccc(Br)cc2)cc1. The summed E-state index contributed by atoms with van der Waals surface area (Å²) in [5.41, 5.74) is 1.17. The Bertz CT molecular complexity index is 1010. The maximum absolute atomic E-state index is 3.58. The van der Waals surface area contributed by atoms with Gasteiger partial charge in [-0.15, -0.1) is 0 Å². The molecule has 0 bridgehead atoms. The number of H-pyrrole nitrogens is 1. The fourth-order valence-corrected chi connectivity index (χ4v) is 5.10. The first kappa shape index (κ1) is 17.3. The number of benzene rings is 3. The summed E-state index contributed by atoms with van der Waals surface area (Å²) >= 11 is 10.6. The molecule has 124 valence electrons. The number of fused-ring (bicyclic) bond motifs is 1. The van der Waals surface area contributed by atoms with Crippen LogP contribution in [0.1, 0.15) is 0 Å². The van der Waals surface area contributed by atoms with Gasteiger partial charge in [-0.05, 0) is 54.6 Å². The van der Waals surface area contributed by atoms with Gasteiger partial charge in [0.1, 0.15) is 0 Å². The van der Waals surface area contributed by atoms with Crippen molar-refractivity contribution in [2.45, 2.75) is 19.7 Å². The van der Waals surface area contributed by atoms with Crippen molar-refractivity contribution in [3.05, 3.63) is 81.7 Å². The van der Waals surface area contributed by atoms with Gasteiger partial charge < -0.3 is 4.98 Å². The molecule has 0 fully saturated rings. The Labute approximate surface area is 171 Å². The van der Waals surface area contributed by atoms with E-state index in [-0.39, 0.29) is 0 Å². The molecule has 5 heteroatoms. The summed E-state index contributed by atoms with van der Waals surface area (Å²) < 4.78 is 2.19. The average Bonchev–Trinajstić information content (AvgIpc) is 2.96. The van der Waals surface area contributed by atoms with Gasteiger partial charge in [0.2, 0.25) is 0 Å². The molecule has 0 atom stereocenters. The zero-order valence-corrected chi connectivity index (χ0v) is 17.8. The zero-order chi connectivity index (χ0) is 17.2. The number of aromatic nitrogens is 1. The van der Waals surface area contributed by atoms with Gasteiger partial charge in [0.05, 0.1) is 9.92 Å². The second-order valence-corrected chi connectivity index (χ2v) is 9.44. The van der Waals surface area contributed by atoms with E-state index in [1.165, 1.54) is 30.6 Å². The summed E-state index contributed by atoms with van der Waals surface area (Å²) in [5, 5.41) is 2.44. The molecule has 0 saturated carbocycles. The third-order valence-electron chi connectivity index (χ3n) is 3.69. The van der Waals surface area contributed by atoms with Crippen LogP contribution in [0.5, 0.6) is 0 Å². The molecule has 0 radical (unpaired) electrons. The van der Waals surface area contributed by atoms with Crippen LogP contribution in [0.4, 0.5) is 0 Å². The van der Waals surface area contributed by atoms with E-state index >= 15 is 0 Å². The van der Waals surface area contributed by atoms with Crippen LogP contribution in [0.3, 0.4) is 0 Å². The van der Waals surface area contributed by atoms with Crippen LogP contribution in [-0.4, -0.2) is 4.98 Å². The van der Waals surface area contributed by atoms with E-state index in [0.29, 0.717) is 0 Å². The molecule has 25 heavy (non-hydrogen) atoms. The molecular formula is C20H13Br2NS2. The van der Waals surface area contributed by atoms with Crippen molar-refractivity contribution in [3.8, 4) is 0 Å². The number of hydrogen-bond acceptors (Lipinski definition) is 2. The van der Waals surface area contributed by atoms with Crippen molar-refractivity contribution < 1.29 is 0 Å². The highest BCUT2D eigenvalue weighted by molar-refractivity contribution is 9.10. The standard InChI is InChI=1S/C20H13Br2NS2/c21-13-5-9-15(10-6-13)24-19-17-3-1-2-4-18(17)23-20(19)25-16-11-7-14(22)8-12-16/h1-12,23H. The molecule has 1 N–H and O–H groups in total. The van der Waals surface area contributed by atoms with Crippen molar-refractivity contribution in [3.63, 3.8) is 0 Å². The van der Waals surface area contributed by atoms with Gasteiger partial charge in [-0.25, -0.2) is 0 Å². The minimum Gasteiger partial charge on any atom is -0.348 e. The van der Waals surface area contributed by atoms with Gasteiger partial charge in [0.25, 0.3) is 0 Å². The number of rotatable bonds is 4. The van der Waals surface area contributed by atoms with Crippen molar-refractivity contribution in [2.24, 2.45) is 0 Å². The largest absolute Gasteiger partial charge is 0.348 e. The van der Waals surface area contributed by atoms with E-state index in [1.54, 1.807) is 23.5 Å². The van der Waals surface area contributed by atoms with Crippen LogP contribution in [0.25, 0.3) is 10.9 Å². The van der Waals surface area contributed by atoms with Crippen molar-refractivity contribution in [1.29, 1.82) is 0 Å². The molecular weight excluding hydrogens is 478 g/mol. The Hall–Kier alpha value is -1.14. The van der Waals surface area contributed by atoms with E-state index in [2.05, 4.69) is 110 Å². The third kappa shape index (κ3) is 4.00. The highest BCUT2D eigenvalue weighted by Gasteiger charge is 2.14. The van der Waals surface area contributed by atoms with Crippen LogP contribution in [0.2, 0.25) is 0 Å². The molecule has 1 heterocycles. The molecule has 1 nitrogen and oxygen atoms in total. The monoisotopic (exact) mass is 489 g/mol. The van der Waals surface area contributed by atoms with Crippen LogP contribution >= 0.6 is 55.4 Å². The summed E-state index contributed by atoms with van der Waals surface area (Å²) in [5.74, 6) is 0. The fraction of sp³-hybridized carbons (Fsp3) is 0. The zero-order valence-electron chi connectivity index (χ0n) is 13.0. The number of nitrogens with one attached hydrogen (secondary N) is 1. The Morgan fingerprint density at radius 2 is 1.20 bits per heavy atom. The van der Waals surface area contributed by atoms with Crippen molar-refractivity contribution in [1.82, 2.24) is 4.98 Å². The van der Waals surface area contributed by atoms with Gasteiger partial charge in [-0.1, -0.05) is 73.6 Å². The lowest BCUT2D eigenvalue weighted by Gasteiger charge is -2.05. The minimum atomic E-state index is 1.10. The van der Waals surface area contributed by atoms with Crippen LogP contribution in [0.15, 0.2) is 101 Å². The van der Waals surface area contributed by atoms with Gasteiger partial charge >= 0.3 is 0 Å². The molecule has 3 aromatic carbocycles. The molecule has 0 amide bonds. The molecule has 0 unspecified atom stereocenters. The summed E-state index contributed by atoms with van der Waals surface area (Å²) in [4.78, 5) is 7.29. The summed E-state index contributed by atoms with van der Waals surface area (Å²) in [7, 11) is 0. The first-order valence-corrected chi connectivity index (χ1v) is 10.9. The van der Waals surface area contributed by atoms with Gasteiger partial charge in [0, 0.05) is 29.6 Å². The van der Waals surface area contributed by atoms with Crippen molar-refractivity contribution in [2.75, 3.05) is 0 Å². The maximum Gasteiger partial charge on any atom is 0.0923 e. The van der Waals surface area contributed by atoms with E-state index in [1.807, 2.05) is 0 Å². The molecule has 0 spiro atoms. The second-order valence-electron chi connectivity index (χ2n) is 5.44. The maximum atomic E-state index is 3.58. The first-order chi connectivity index (χ1) is 12.2. The number of hydrogen-bond donors (Lipinski definition) is 1. The molecule has 0 aliphatic heterocycles. The predicted octanol–water partition coefficient (Wildman–Crippen LogP) is 8.00. The van der Waals surface area contributed by atoms with Crippen LogP contribution in [-0.2, 0) is 0 Å². The average molecular weight is 491 g/mol. The summed E-state index contributed by atoms with van der Waals surface area (Å²) in [6.45, 7) is 0. The lowest BCUT2D eigenvalue weighted by atomic mass is 10.2. The van der Waals surface area contributed by atoms with Crippen LogP contribution in [0, 0.1) is 0 Å². The summed E-state index contributed by atoms with van der Waals surface area (Å²) in [6.07, 6.45) is 0. The van der Waals surface area contributed by atoms with Gasteiger partial charge in [0.15, 0.2) is 0 Å². The molecule has 0 aliphatic carbocycles. The number of halogens is 2. The third-order valence-corrected chi connectivity index (χ3v) is 7.03. The highest BCUT2D eigenvalue weighted by Crippen LogP contribution is 2.43. The molecule has 0 saturated heterocycles. The number of para-hydroxylation sites is 1. The predicted molar refractivity (Wildman–Crippen MR) is 115 cm³/mol. The van der Waals surface area contributed by atoms with Gasteiger partial charge in [-0.3, -0.25) is 0 Å². The second kappa shape index (κ2) is 7.62. The fourth-order valence-electron chi connectivity index (χ4n) is 2.51. The quantitative estimate of drug-likeness (QED) is 0.311.